The predicted octanol–water partition coefficient (Wildman–Crippen LogP) is 1.38. The van der Waals surface area contributed by atoms with E-state index in [1.54, 1.807) is 0 Å². The Balaban J connectivity index is 2.50. The van der Waals surface area contributed by atoms with Crippen LogP contribution in [0.4, 0.5) is 4.79 Å². The van der Waals surface area contributed by atoms with Crippen molar-refractivity contribution in [2.24, 2.45) is 0 Å². The number of carboxylic acids is 1. The number of pyridine rings is 1. The van der Waals surface area contributed by atoms with E-state index in [0.29, 0.717) is 5.69 Å². The monoisotopic (exact) mass is 251 g/mol. The molecule has 6 heteroatoms. The molecule has 6 nitrogen and oxygen atoms in total. The second-order valence-corrected chi connectivity index (χ2v) is 3.98. The molecule has 1 unspecified atom stereocenters. The summed E-state index contributed by atoms with van der Waals surface area (Å²) in [5, 5.41) is 14.2. The van der Waals surface area contributed by atoms with E-state index < -0.39 is 5.97 Å². The number of carboxylic acid groups (broad SMARTS) is 1. The summed E-state index contributed by atoms with van der Waals surface area (Å²) in [5.74, 6) is -1.01. The van der Waals surface area contributed by atoms with E-state index in [1.165, 1.54) is 18.3 Å². The highest BCUT2D eigenvalue weighted by Crippen LogP contribution is 2.01. The van der Waals surface area contributed by atoms with Crippen molar-refractivity contribution in [3.8, 4) is 0 Å². The van der Waals surface area contributed by atoms with Crippen LogP contribution in [0.5, 0.6) is 0 Å². The zero-order chi connectivity index (χ0) is 13.5. The molecule has 1 atom stereocenters. The van der Waals surface area contributed by atoms with Crippen molar-refractivity contribution >= 4 is 12.0 Å². The van der Waals surface area contributed by atoms with Crippen LogP contribution in [-0.2, 0) is 6.54 Å². The highest BCUT2D eigenvalue weighted by molar-refractivity contribution is 5.87. The Morgan fingerprint density at radius 3 is 2.83 bits per heavy atom. The number of nitrogens with zero attached hydrogens (tertiary/aromatic N) is 1. The zero-order valence-corrected chi connectivity index (χ0v) is 10.4. The Hall–Kier alpha value is -2.11. The van der Waals surface area contributed by atoms with E-state index in [0.717, 1.165) is 6.42 Å². The number of rotatable bonds is 5. The molecule has 1 aromatic heterocycles. The number of urea groups is 1. The minimum atomic E-state index is -1.01. The number of aromatic nitrogens is 1. The van der Waals surface area contributed by atoms with Gasteiger partial charge in [-0.15, -0.1) is 0 Å². The maximum absolute atomic E-state index is 11.4. The first-order valence-electron chi connectivity index (χ1n) is 5.75. The molecule has 1 heterocycles. The molecule has 0 fully saturated rings. The second kappa shape index (κ2) is 6.58. The number of amides is 2. The molecule has 1 aromatic rings. The summed E-state index contributed by atoms with van der Waals surface area (Å²) in [4.78, 5) is 26.2. The van der Waals surface area contributed by atoms with Crippen LogP contribution >= 0.6 is 0 Å². The van der Waals surface area contributed by atoms with Crippen LogP contribution in [0.25, 0.3) is 0 Å². The normalized spacial score (nSPS) is 11.7. The minimum Gasteiger partial charge on any atom is -0.478 e. The van der Waals surface area contributed by atoms with Crippen molar-refractivity contribution in [3.63, 3.8) is 0 Å². The maximum atomic E-state index is 11.4. The number of aromatic carboxylic acids is 1. The van der Waals surface area contributed by atoms with Crippen LogP contribution in [0.2, 0.25) is 0 Å². The molecule has 98 valence electrons. The number of nitrogens with one attached hydrogen (secondary N) is 2. The fraction of sp³-hybridized carbons (Fsp3) is 0.417. The van der Waals surface area contributed by atoms with E-state index in [1.807, 2.05) is 13.8 Å². The Bertz CT molecular complexity index is 434. The summed E-state index contributed by atoms with van der Waals surface area (Å²) in [7, 11) is 0. The summed E-state index contributed by atoms with van der Waals surface area (Å²) < 4.78 is 0. The van der Waals surface area contributed by atoms with Crippen LogP contribution in [0.1, 0.15) is 36.3 Å². The summed E-state index contributed by atoms with van der Waals surface area (Å²) in [6.07, 6.45) is 2.26. The fourth-order valence-corrected chi connectivity index (χ4v) is 1.26. The summed E-state index contributed by atoms with van der Waals surface area (Å²) in [6.45, 7) is 4.08. The first kappa shape index (κ1) is 14.0. The van der Waals surface area contributed by atoms with Gasteiger partial charge in [0.1, 0.15) is 0 Å². The van der Waals surface area contributed by atoms with Crippen molar-refractivity contribution in [1.82, 2.24) is 15.6 Å². The Morgan fingerprint density at radius 2 is 2.22 bits per heavy atom. The highest BCUT2D eigenvalue weighted by Gasteiger charge is 2.07. The van der Waals surface area contributed by atoms with Gasteiger partial charge in [-0.25, -0.2) is 9.59 Å². The molecule has 0 aromatic carbocycles. The molecule has 0 bridgehead atoms. The summed E-state index contributed by atoms with van der Waals surface area (Å²) in [5.41, 5.74) is 0.665. The van der Waals surface area contributed by atoms with Gasteiger partial charge in [0, 0.05) is 12.2 Å². The lowest BCUT2D eigenvalue weighted by molar-refractivity contribution is 0.0696. The molecule has 0 radical (unpaired) electrons. The zero-order valence-electron chi connectivity index (χ0n) is 10.4. The molecule has 3 N–H and O–H groups in total. The third-order valence-electron chi connectivity index (χ3n) is 2.48. The van der Waals surface area contributed by atoms with Crippen molar-refractivity contribution < 1.29 is 14.7 Å². The standard InChI is InChI=1S/C12H17N3O3/c1-3-8(2)15-12(18)14-7-10-6-9(11(16)17)4-5-13-10/h4-6,8H,3,7H2,1-2H3,(H,16,17)(H2,14,15,18). The summed E-state index contributed by atoms with van der Waals surface area (Å²) in [6, 6.07) is 2.66. The Kier molecular flexibility index (Phi) is 5.10. The first-order valence-corrected chi connectivity index (χ1v) is 5.75. The second-order valence-electron chi connectivity index (χ2n) is 3.98. The van der Waals surface area contributed by atoms with Gasteiger partial charge in [-0.1, -0.05) is 6.92 Å². The van der Waals surface area contributed by atoms with Gasteiger partial charge in [0.05, 0.1) is 17.8 Å². The molecule has 18 heavy (non-hydrogen) atoms. The average molecular weight is 251 g/mol. The smallest absolute Gasteiger partial charge is 0.335 e. The molecule has 2 amide bonds. The maximum Gasteiger partial charge on any atom is 0.335 e. The number of carbonyl (C=O) groups is 2. The molecular weight excluding hydrogens is 234 g/mol. The van der Waals surface area contributed by atoms with E-state index in [-0.39, 0.29) is 24.2 Å². The van der Waals surface area contributed by atoms with Crippen LogP contribution in [0.3, 0.4) is 0 Å². The lowest BCUT2D eigenvalue weighted by Crippen LogP contribution is -2.40. The number of hydrogen-bond acceptors (Lipinski definition) is 3. The van der Waals surface area contributed by atoms with Crippen molar-refractivity contribution in [1.29, 1.82) is 0 Å². The third kappa shape index (κ3) is 4.40. The molecule has 0 aliphatic heterocycles. The van der Waals surface area contributed by atoms with Crippen LogP contribution in [-0.4, -0.2) is 28.1 Å². The fourth-order valence-electron chi connectivity index (χ4n) is 1.26. The lowest BCUT2D eigenvalue weighted by atomic mass is 10.2. The Morgan fingerprint density at radius 1 is 1.50 bits per heavy atom. The largest absolute Gasteiger partial charge is 0.478 e. The SMILES string of the molecule is CCC(C)NC(=O)NCc1cc(C(=O)O)ccn1. The Labute approximate surface area is 105 Å². The van der Waals surface area contributed by atoms with Gasteiger partial charge in [0.15, 0.2) is 0 Å². The number of carbonyl (C=O) groups excluding carboxylic acids is 1. The lowest BCUT2D eigenvalue weighted by Gasteiger charge is -2.12. The topological polar surface area (TPSA) is 91.3 Å². The van der Waals surface area contributed by atoms with E-state index in [9.17, 15) is 9.59 Å². The van der Waals surface area contributed by atoms with Crippen LogP contribution < -0.4 is 10.6 Å². The van der Waals surface area contributed by atoms with Gasteiger partial charge >= 0.3 is 12.0 Å². The van der Waals surface area contributed by atoms with Gasteiger partial charge in [-0.05, 0) is 25.5 Å². The van der Waals surface area contributed by atoms with E-state index >= 15 is 0 Å². The quantitative estimate of drug-likeness (QED) is 0.737. The average Bonchev–Trinajstić information content (AvgIpc) is 2.36. The van der Waals surface area contributed by atoms with Gasteiger partial charge in [0.25, 0.3) is 0 Å². The van der Waals surface area contributed by atoms with Gasteiger partial charge in [-0.2, -0.15) is 0 Å². The molecule has 0 aliphatic rings. The summed E-state index contributed by atoms with van der Waals surface area (Å²) >= 11 is 0. The predicted molar refractivity (Wildman–Crippen MR) is 66.3 cm³/mol. The molecule has 1 rings (SSSR count). The number of hydrogen-bond donors (Lipinski definition) is 3. The van der Waals surface area contributed by atoms with Crippen molar-refractivity contribution in [2.45, 2.75) is 32.9 Å². The van der Waals surface area contributed by atoms with Crippen molar-refractivity contribution in [2.75, 3.05) is 0 Å². The van der Waals surface area contributed by atoms with Crippen molar-refractivity contribution in [3.05, 3.63) is 29.6 Å². The van der Waals surface area contributed by atoms with Crippen LogP contribution in [0, 0.1) is 0 Å². The molecular formula is C12H17N3O3. The molecule has 0 saturated heterocycles. The minimum absolute atomic E-state index is 0.100. The van der Waals surface area contributed by atoms with Gasteiger partial charge in [0.2, 0.25) is 0 Å². The van der Waals surface area contributed by atoms with E-state index in [4.69, 9.17) is 5.11 Å². The molecule has 0 saturated carbocycles. The van der Waals surface area contributed by atoms with Gasteiger partial charge < -0.3 is 15.7 Å². The van der Waals surface area contributed by atoms with Crippen LogP contribution in [0.15, 0.2) is 18.3 Å². The molecule has 0 aliphatic carbocycles. The highest BCUT2D eigenvalue weighted by atomic mass is 16.4. The van der Waals surface area contributed by atoms with Gasteiger partial charge in [-0.3, -0.25) is 4.98 Å². The van der Waals surface area contributed by atoms with E-state index in [2.05, 4.69) is 15.6 Å². The first-order chi connectivity index (χ1) is 8.52. The third-order valence-corrected chi connectivity index (χ3v) is 2.48. The molecule has 0 spiro atoms.